The third kappa shape index (κ3) is 6.38. The lowest BCUT2D eigenvalue weighted by Crippen LogP contribution is -2.59. The molecule has 29 heavy (non-hydrogen) atoms. The van der Waals surface area contributed by atoms with Crippen LogP contribution in [0.2, 0.25) is 0 Å². The summed E-state index contributed by atoms with van der Waals surface area (Å²) in [7, 11) is 0. The van der Waals surface area contributed by atoms with Crippen molar-refractivity contribution in [2.45, 2.75) is 70.3 Å². The molecule has 11 nitrogen and oxygen atoms in total. The van der Waals surface area contributed by atoms with Gasteiger partial charge in [0.15, 0.2) is 6.04 Å². The van der Waals surface area contributed by atoms with E-state index in [0.29, 0.717) is 19.3 Å². The number of amides is 3. The van der Waals surface area contributed by atoms with Crippen molar-refractivity contribution in [3.8, 4) is 0 Å². The molecular formula is C18H32N4O7. The highest BCUT2D eigenvalue weighted by Gasteiger charge is 2.39. The smallest absolute Gasteiger partial charge is 0.328 e. The number of rotatable bonds is 10. The van der Waals surface area contributed by atoms with Gasteiger partial charge in [0.25, 0.3) is 0 Å². The summed E-state index contributed by atoms with van der Waals surface area (Å²) in [5, 5.41) is 32.9. The molecule has 0 aromatic rings. The van der Waals surface area contributed by atoms with Gasteiger partial charge in [-0.3, -0.25) is 14.4 Å². The zero-order valence-electron chi connectivity index (χ0n) is 17.0. The van der Waals surface area contributed by atoms with Crippen molar-refractivity contribution in [2.75, 3.05) is 13.2 Å². The molecule has 0 aromatic carbocycles. The van der Waals surface area contributed by atoms with Gasteiger partial charge in [0.05, 0.1) is 18.8 Å². The molecule has 1 rings (SSSR count). The molecule has 0 aliphatic carbocycles. The quantitative estimate of drug-likeness (QED) is 0.231. The van der Waals surface area contributed by atoms with Gasteiger partial charge in [-0.2, -0.15) is 0 Å². The molecule has 0 bridgehead atoms. The number of carboxylic acids is 1. The van der Waals surface area contributed by atoms with Crippen LogP contribution >= 0.6 is 0 Å². The molecule has 1 saturated heterocycles. The molecule has 6 unspecified atom stereocenters. The van der Waals surface area contributed by atoms with E-state index in [2.05, 4.69) is 10.6 Å². The van der Waals surface area contributed by atoms with Crippen LogP contribution in [0.1, 0.15) is 40.0 Å². The Hall–Kier alpha value is -2.24. The number of carboxylic acid groups (broad SMARTS) is 1. The van der Waals surface area contributed by atoms with Crippen LogP contribution in [-0.2, 0) is 19.2 Å². The number of aliphatic carboxylic acids is 1. The second kappa shape index (κ2) is 11.1. The lowest BCUT2D eigenvalue weighted by atomic mass is 9.99. The summed E-state index contributed by atoms with van der Waals surface area (Å²) in [4.78, 5) is 49.9. The number of likely N-dealkylation sites (tertiary alicyclic amines) is 1. The first kappa shape index (κ1) is 24.8. The van der Waals surface area contributed by atoms with E-state index in [1.807, 2.05) is 6.92 Å². The van der Waals surface area contributed by atoms with E-state index in [0.717, 1.165) is 0 Å². The number of aliphatic hydroxyl groups excluding tert-OH is 2. The predicted molar refractivity (Wildman–Crippen MR) is 102 cm³/mol. The van der Waals surface area contributed by atoms with Crippen LogP contribution in [0, 0.1) is 5.92 Å². The topological polar surface area (TPSA) is 182 Å². The van der Waals surface area contributed by atoms with Crippen molar-refractivity contribution < 1.29 is 34.5 Å². The highest BCUT2D eigenvalue weighted by molar-refractivity contribution is 5.94. The first-order valence-electron chi connectivity index (χ1n) is 9.73. The van der Waals surface area contributed by atoms with E-state index < -0.39 is 60.6 Å². The molecular weight excluding hydrogens is 384 g/mol. The molecule has 3 amide bonds. The number of hydrogen-bond acceptors (Lipinski definition) is 7. The van der Waals surface area contributed by atoms with E-state index >= 15 is 0 Å². The molecule has 11 heteroatoms. The van der Waals surface area contributed by atoms with Crippen LogP contribution in [0.5, 0.6) is 0 Å². The van der Waals surface area contributed by atoms with Gasteiger partial charge < -0.3 is 36.6 Å². The summed E-state index contributed by atoms with van der Waals surface area (Å²) in [6.07, 6.45) is 0.125. The Kier molecular flexibility index (Phi) is 9.47. The van der Waals surface area contributed by atoms with E-state index in [4.69, 9.17) is 10.8 Å². The van der Waals surface area contributed by atoms with E-state index in [1.165, 1.54) is 11.8 Å². The fourth-order valence-electron chi connectivity index (χ4n) is 3.11. The average molecular weight is 416 g/mol. The highest BCUT2D eigenvalue weighted by atomic mass is 16.4. The number of carbonyl (C=O) groups excluding carboxylic acids is 3. The fraction of sp³-hybridized carbons (Fsp3) is 0.778. The summed E-state index contributed by atoms with van der Waals surface area (Å²) in [6, 6.07) is -4.58. The molecule has 0 radical (unpaired) electrons. The van der Waals surface area contributed by atoms with Crippen LogP contribution in [0.25, 0.3) is 0 Å². The van der Waals surface area contributed by atoms with Crippen LogP contribution in [0.15, 0.2) is 0 Å². The lowest BCUT2D eigenvalue weighted by molar-refractivity contribution is -0.147. The van der Waals surface area contributed by atoms with Gasteiger partial charge in [-0.15, -0.1) is 0 Å². The van der Waals surface area contributed by atoms with Crippen molar-refractivity contribution in [3.05, 3.63) is 0 Å². The molecule has 6 atom stereocenters. The van der Waals surface area contributed by atoms with Crippen LogP contribution in [0.4, 0.5) is 0 Å². The summed E-state index contributed by atoms with van der Waals surface area (Å²) < 4.78 is 0. The van der Waals surface area contributed by atoms with E-state index in [-0.39, 0.29) is 12.5 Å². The molecule has 1 heterocycles. The van der Waals surface area contributed by atoms with Gasteiger partial charge in [-0.1, -0.05) is 20.3 Å². The van der Waals surface area contributed by atoms with Crippen LogP contribution < -0.4 is 16.4 Å². The van der Waals surface area contributed by atoms with E-state index in [9.17, 15) is 29.4 Å². The number of nitrogens with two attached hydrogens (primary N) is 1. The Morgan fingerprint density at radius 2 is 1.83 bits per heavy atom. The van der Waals surface area contributed by atoms with Gasteiger partial charge in [0, 0.05) is 6.54 Å². The number of nitrogens with one attached hydrogen (secondary N) is 2. The molecule has 1 aliphatic rings. The molecule has 1 fully saturated rings. The van der Waals surface area contributed by atoms with Gasteiger partial charge in [-0.05, 0) is 25.7 Å². The Bertz CT molecular complexity index is 613. The minimum Gasteiger partial charge on any atom is -0.480 e. The van der Waals surface area contributed by atoms with Crippen LogP contribution in [-0.4, -0.2) is 87.3 Å². The van der Waals surface area contributed by atoms with Crippen molar-refractivity contribution in [2.24, 2.45) is 11.7 Å². The first-order chi connectivity index (χ1) is 13.5. The van der Waals surface area contributed by atoms with E-state index in [1.54, 1.807) is 6.92 Å². The Morgan fingerprint density at radius 3 is 2.31 bits per heavy atom. The molecule has 0 saturated carbocycles. The lowest BCUT2D eigenvalue weighted by Gasteiger charge is -2.30. The Balaban J connectivity index is 2.85. The zero-order valence-corrected chi connectivity index (χ0v) is 17.0. The maximum absolute atomic E-state index is 12.8. The predicted octanol–water partition coefficient (Wildman–Crippen LogP) is -2.22. The first-order valence-corrected chi connectivity index (χ1v) is 9.73. The molecule has 0 aromatic heterocycles. The Labute approximate surface area is 169 Å². The summed E-state index contributed by atoms with van der Waals surface area (Å²) in [5.41, 5.74) is 5.85. The second-order valence-corrected chi connectivity index (χ2v) is 7.41. The third-order valence-corrected chi connectivity index (χ3v) is 5.24. The monoisotopic (exact) mass is 416 g/mol. The van der Waals surface area contributed by atoms with Crippen molar-refractivity contribution in [1.29, 1.82) is 0 Å². The SMILES string of the molecule is CCC(C)C(N)C(=O)NC(CO)C(=O)N1CCCC1C(=O)NC(C(=O)O)C(C)O. The zero-order chi connectivity index (χ0) is 22.3. The van der Waals surface area contributed by atoms with Gasteiger partial charge >= 0.3 is 5.97 Å². The Morgan fingerprint density at radius 1 is 1.21 bits per heavy atom. The minimum absolute atomic E-state index is 0.122. The highest BCUT2D eigenvalue weighted by Crippen LogP contribution is 2.19. The molecule has 7 N–H and O–H groups in total. The minimum atomic E-state index is -1.51. The maximum atomic E-state index is 12.8. The summed E-state index contributed by atoms with van der Waals surface area (Å²) >= 11 is 0. The third-order valence-electron chi connectivity index (χ3n) is 5.24. The number of nitrogens with zero attached hydrogens (tertiary/aromatic N) is 1. The number of hydrogen-bond donors (Lipinski definition) is 6. The largest absolute Gasteiger partial charge is 0.480 e. The average Bonchev–Trinajstić information content (AvgIpc) is 3.17. The molecule has 0 spiro atoms. The van der Waals surface area contributed by atoms with Crippen molar-refractivity contribution >= 4 is 23.7 Å². The summed E-state index contributed by atoms with van der Waals surface area (Å²) in [6.45, 7) is 4.44. The number of carbonyl (C=O) groups is 4. The number of aliphatic hydroxyl groups is 2. The van der Waals surface area contributed by atoms with Crippen molar-refractivity contribution in [1.82, 2.24) is 15.5 Å². The fourth-order valence-corrected chi connectivity index (χ4v) is 3.11. The van der Waals surface area contributed by atoms with Crippen LogP contribution in [0.3, 0.4) is 0 Å². The second-order valence-electron chi connectivity index (χ2n) is 7.41. The van der Waals surface area contributed by atoms with Gasteiger partial charge in [0.1, 0.15) is 12.1 Å². The molecule has 1 aliphatic heterocycles. The van der Waals surface area contributed by atoms with Crippen molar-refractivity contribution in [3.63, 3.8) is 0 Å². The summed E-state index contributed by atoms with van der Waals surface area (Å²) in [5.74, 6) is -3.47. The normalized spacial score (nSPS) is 21.6. The standard InChI is InChI=1S/C18H32N4O7/c1-4-9(2)13(19)16(26)20-11(8-23)17(27)22-7-5-6-12(22)15(25)21-14(10(3)24)18(28)29/h9-14,23-24H,4-8,19H2,1-3H3,(H,20,26)(H,21,25)(H,28,29). The maximum Gasteiger partial charge on any atom is 0.328 e. The van der Waals surface area contributed by atoms with Gasteiger partial charge in [0.2, 0.25) is 17.7 Å². The molecule has 166 valence electrons. The van der Waals surface area contributed by atoms with Gasteiger partial charge in [-0.25, -0.2) is 4.79 Å².